The SMILES string of the molecule is CC=CC(=O)NC1CCC(C)CC1. The van der Waals surface area contributed by atoms with E-state index in [2.05, 4.69) is 12.2 Å². The Balaban J connectivity index is 2.26. The van der Waals surface area contributed by atoms with Crippen LogP contribution in [0.25, 0.3) is 0 Å². The van der Waals surface area contributed by atoms with Gasteiger partial charge in [-0.2, -0.15) is 0 Å². The quantitative estimate of drug-likeness (QED) is 0.650. The maximum atomic E-state index is 11.2. The highest BCUT2D eigenvalue weighted by Crippen LogP contribution is 2.23. The number of hydrogen-bond donors (Lipinski definition) is 1. The highest BCUT2D eigenvalue weighted by molar-refractivity contribution is 5.87. The summed E-state index contributed by atoms with van der Waals surface area (Å²) in [5, 5.41) is 3.01. The Hall–Kier alpha value is -0.790. The Kier molecular flexibility index (Phi) is 4.00. The summed E-state index contributed by atoms with van der Waals surface area (Å²) in [5.41, 5.74) is 0. The molecule has 0 aromatic carbocycles. The Labute approximate surface area is 80.4 Å². The van der Waals surface area contributed by atoms with Crippen LogP contribution in [0.4, 0.5) is 0 Å². The molecule has 1 rings (SSSR count). The second kappa shape index (κ2) is 5.05. The van der Waals surface area contributed by atoms with E-state index in [-0.39, 0.29) is 5.91 Å². The van der Waals surface area contributed by atoms with Crippen LogP contribution in [0.15, 0.2) is 12.2 Å². The molecule has 13 heavy (non-hydrogen) atoms. The molecule has 2 nitrogen and oxygen atoms in total. The standard InChI is InChI=1S/C11H19NO/c1-3-4-11(13)12-10-7-5-9(2)6-8-10/h3-4,9-10H,5-8H2,1-2H3,(H,12,13). The van der Waals surface area contributed by atoms with Crippen molar-refractivity contribution in [2.75, 3.05) is 0 Å². The van der Waals surface area contributed by atoms with E-state index >= 15 is 0 Å². The van der Waals surface area contributed by atoms with Crippen LogP contribution >= 0.6 is 0 Å². The molecule has 0 bridgehead atoms. The van der Waals surface area contributed by atoms with Gasteiger partial charge in [0.05, 0.1) is 0 Å². The van der Waals surface area contributed by atoms with Gasteiger partial charge in [-0.25, -0.2) is 0 Å². The van der Waals surface area contributed by atoms with Crippen LogP contribution in [-0.2, 0) is 4.79 Å². The highest BCUT2D eigenvalue weighted by atomic mass is 16.1. The van der Waals surface area contributed by atoms with Gasteiger partial charge in [-0.05, 0) is 44.6 Å². The van der Waals surface area contributed by atoms with Crippen molar-refractivity contribution in [2.45, 2.75) is 45.6 Å². The van der Waals surface area contributed by atoms with Gasteiger partial charge in [0.25, 0.3) is 0 Å². The molecule has 0 radical (unpaired) electrons. The van der Waals surface area contributed by atoms with Gasteiger partial charge in [-0.3, -0.25) is 4.79 Å². The Bertz CT molecular complexity index is 190. The zero-order valence-corrected chi connectivity index (χ0v) is 8.55. The zero-order valence-electron chi connectivity index (χ0n) is 8.55. The summed E-state index contributed by atoms with van der Waals surface area (Å²) in [6, 6.07) is 0.417. The minimum atomic E-state index is 0.0575. The number of allylic oxidation sites excluding steroid dienone is 1. The molecule has 1 aliphatic carbocycles. The van der Waals surface area contributed by atoms with Crippen LogP contribution in [0.3, 0.4) is 0 Å². The maximum absolute atomic E-state index is 11.2. The average Bonchev–Trinajstić information content (AvgIpc) is 2.09. The van der Waals surface area contributed by atoms with Gasteiger partial charge < -0.3 is 5.32 Å². The smallest absolute Gasteiger partial charge is 0.243 e. The molecule has 1 aliphatic rings. The summed E-state index contributed by atoms with van der Waals surface area (Å²) >= 11 is 0. The lowest BCUT2D eigenvalue weighted by Gasteiger charge is -2.26. The monoisotopic (exact) mass is 181 g/mol. The predicted molar refractivity (Wildman–Crippen MR) is 54.4 cm³/mol. The van der Waals surface area contributed by atoms with Crippen molar-refractivity contribution < 1.29 is 4.79 Å². The Morgan fingerprint density at radius 1 is 1.31 bits per heavy atom. The first-order valence-corrected chi connectivity index (χ1v) is 5.15. The molecule has 0 aromatic rings. The predicted octanol–water partition coefficient (Wildman–Crippen LogP) is 2.26. The number of carbonyl (C=O) groups excluding carboxylic acids is 1. The lowest BCUT2D eigenvalue weighted by Crippen LogP contribution is -2.36. The van der Waals surface area contributed by atoms with Crippen molar-refractivity contribution in [3.8, 4) is 0 Å². The Morgan fingerprint density at radius 2 is 1.92 bits per heavy atom. The van der Waals surface area contributed by atoms with E-state index in [4.69, 9.17) is 0 Å². The molecule has 0 aliphatic heterocycles. The molecule has 1 N–H and O–H groups in total. The lowest BCUT2D eigenvalue weighted by molar-refractivity contribution is -0.117. The number of carbonyl (C=O) groups is 1. The molecule has 1 fully saturated rings. The van der Waals surface area contributed by atoms with Crippen LogP contribution in [-0.4, -0.2) is 11.9 Å². The van der Waals surface area contributed by atoms with E-state index < -0.39 is 0 Å². The van der Waals surface area contributed by atoms with Gasteiger partial charge in [0.2, 0.25) is 5.91 Å². The van der Waals surface area contributed by atoms with Crippen molar-refractivity contribution in [2.24, 2.45) is 5.92 Å². The maximum Gasteiger partial charge on any atom is 0.243 e. The summed E-state index contributed by atoms with van der Waals surface area (Å²) in [5.74, 6) is 0.900. The van der Waals surface area contributed by atoms with Gasteiger partial charge in [-0.1, -0.05) is 13.0 Å². The largest absolute Gasteiger partial charge is 0.350 e. The van der Waals surface area contributed by atoms with Crippen molar-refractivity contribution in [3.05, 3.63) is 12.2 Å². The molecule has 2 heteroatoms. The van der Waals surface area contributed by atoms with Crippen molar-refractivity contribution in [1.29, 1.82) is 0 Å². The minimum absolute atomic E-state index is 0.0575. The first kappa shape index (κ1) is 10.3. The van der Waals surface area contributed by atoms with Gasteiger partial charge >= 0.3 is 0 Å². The lowest BCUT2D eigenvalue weighted by atomic mass is 9.87. The second-order valence-electron chi connectivity index (χ2n) is 3.97. The highest BCUT2D eigenvalue weighted by Gasteiger charge is 2.18. The van der Waals surface area contributed by atoms with Gasteiger partial charge in [0, 0.05) is 6.04 Å². The molecule has 1 saturated carbocycles. The molecule has 1 amide bonds. The van der Waals surface area contributed by atoms with Gasteiger partial charge in [-0.15, -0.1) is 0 Å². The normalized spacial score (nSPS) is 29.1. The van der Waals surface area contributed by atoms with E-state index in [1.807, 2.05) is 6.92 Å². The van der Waals surface area contributed by atoms with Crippen LogP contribution in [0.1, 0.15) is 39.5 Å². The fourth-order valence-corrected chi connectivity index (χ4v) is 1.81. The van der Waals surface area contributed by atoms with E-state index in [0.29, 0.717) is 6.04 Å². The molecule has 74 valence electrons. The van der Waals surface area contributed by atoms with Crippen LogP contribution in [0.2, 0.25) is 0 Å². The summed E-state index contributed by atoms with van der Waals surface area (Å²) in [7, 11) is 0. The second-order valence-corrected chi connectivity index (χ2v) is 3.97. The molecular weight excluding hydrogens is 162 g/mol. The van der Waals surface area contributed by atoms with Crippen LogP contribution in [0, 0.1) is 5.92 Å². The molecule has 0 heterocycles. The van der Waals surface area contributed by atoms with Gasteiger partial charge in [0.15, 0.2) is 0 Å². The summed E-state index contributed by atoms with van der Waals surface area (Å²) in [4.78, 5) is 11.2. The van der Waals surface area contributed by atoms with E-state index in [1.165, 1.54) is 12.8 Å². The molecule has 0 saturated heterocycles. The number of amides is 1. The number of nitrogens with one attached hydrogen (secondary N) is 1. The van der Waals surface area contributed by atoms with Crippen molar-refractivity contribution in [3.63, 3.8) is 0 Å². The molecular formula is C11H19NO. The van der Waals surface area contributed by atoms with E-state index in [9.17, 15) is 4.79 Å². The third-order valence-corrected chi connectivity index (χ3v) is 2.68. The van der Waals surface area contributed by atoms with Crippen LogP contribution in [0.5, 0.6) is 0 Å². The topological polar surface area (TPSA) is 29.1 Å². The third-order valence-electron chi connectivity index (χ3n) is 2.68. The zero-order chi connectivity index (χ0) is 9.68. The number of hydrogen-bond acceptors (Lipinski definition) is 1. The summed E-state index contributed by atoms with van der Waals surface area (Å²) in [6.45, 7) is 4.15. The van der Waals surface area contributed by atoms with E-state index in [1.54, 1.807) is 12.2 Å². The minimum Gasteiger partial charge on any atom is -0.350 e. The van der Waals surface area contributed by atoms with Crippen molar-refractivity contribution >= 4 is 5.91 Å². The molecule has 0 unspecified atom stereocenters. The first-order valence-electron chi connectivity index (χ1n) is 5.15. The first-order chi connectivity index (χ1) is 6.22. The summed E-state index contributed by atoms with van der Waals surface area (Å²) in [6.07, 6.45) is 8.16. The fraction of sp³-hybridized carbons (Fsp3) is 0.727. The average molecular weight is 181 g/mol. The van der Waals surface area contributed by atoms with Gasteiger partial charge in [0.1, 0.15) is 0 Å². The Morgan fingerprint density at radius 3 is 2.46 bits per heavy atom. The third kappa shape index (κ3) is 3.62. The summed E-state index contributed by atoms with van der Waals surface area (Å²) < 4.78 is 0. The number of rotatable bonds is 2. The molecule has 0 aromatic heterocycles. The molecule has 0 spiro atoms. The van der Waals surface area contributed by atoms with E-state index in [0.717, 1.165) is 18.8 Å². The molecule has 0 atom stereocenters. The fourth-order valence-electron chi connectivity index (χ4n) is 1.81. The van der Waals surface area contributed by atoms with Crippen LogP contribution < -0.4 is 5.32 Å². The van der Waals surface area contributed by atoms with Crippen molar-refractivity contribution in [1.82, 2.24) is 5.32 Å².